The molecule has 4 aliphatic heterocycles. The van der Waals surface area contributed by atoms with Crippen molar-refractivity contribution in [2.75, 3.05) is 75.5 Å². The van der Waals surface area contributed by atoms with Crippen molar-refractivity contribution in [3.63, 3.8) is 0 Å². The standard InChI is InChI=1S/C25H21ClN2O2S.C17H16BrClN2O2S.C8H6/c26-19-9-7-18(8-10-19)21-16-27-24(29)23-22(21)20(11-6-17-4-2-1-3-5-17)25(31-23)28-12-14-30-15-13-28;18-14-13-12(10-1-3-11(19)4-2-10)9-20-16(22)15(13)24-17(14)21-5-7-23-8-6-21;1-2-8-6-4-3-5-7-8/h1-5,7-10,21H,12-16H2,(H,27,29);1-4,12H,5-9H2,(H,20,22);1,3-7H. The lowest BCUT2D eigenvalue weighted by atomic mass is 9.86. The molecular weight excluding hydrogens is 936 g/mol. The summed E-state index contributed by atoms with van der Waals surface area (Å²) in [4.78, 5) is 31.4. The molecule has 2 amide bonds. The number of carbonyl (C=O) groups excluding carboxylic acids is 2. The van der Waals surface area contributed by atoms with Crippen LogP contribution in [0.5, 0.6) is 0 Å². The minimum Gasteiger partial charge on any atom is -0.378 e. The van der Waals surface area contributed by atoms with Gasteiger partial charge in [-0.3, -0.25) is 9.59 Å². The fraction of sp³-hybridized carbons (Fsp3) is 0.240. The molecule has 4 aromatic carbocycles. The fourth-order valence-corrected chi connectivity index (χ4v) is 11.7. The van der Waals surface area contributed by atoms with Crippen LogP contribution < -0.4 is 20.4 Å². The molecule has 4 aliphatic rings. The summed E-state index contributed by atoms with van der Waals surface area (Å²) in [5.41, 5.74) is 7.26. The Morgan fingerprint density at radius 3 is 1.54 bits per heavy atom. The van der Waals surface area contributed by atoms with Crippen LogP contribution in [0.1, 0.15) is 70.1 Å². The number of ether oxygens (including phenoxy) is 2. The zero-order valence-electron chi connectivity index (χ0n) is 34.2. The van der Waals surface area contributed by atoms with E-state index >= 15 is 0 Å². The number of carbonyl (C=O) groups is 2. The second-order valence-electron chi connectivity index (χ2n) is 14.9. The molecule has 0 aliphatic carbocycles. The second-order valence-corrected chi connectivity index (χ2v) is 18.6. The normalized spacial score (nSPS) is 17.7. The number of hydrogen-bond acceptors (Lipinski definition) is 8. The van der Waals surface area contributed by atoms with Gasteiger partial charge in [0.25, 0.3) is 11.8 Å². The topological polar surface area (TPSA) is 83.1 Å². The quantitative estimate of drug-likeness (QED) is 0.171. The predicted molar refractivity (Wildman–Crippen MR) is 260 cm³/mol. The Morgan fingerprint density at radius 1 is 0.603 bits per heavy atom. The summed E-state index contributed by atoms with van der Waals surface area (Å²) in [5, 5.41) is 9.69. The molecule has 2 fully saturated rings. The summed E-state index contributed by atoms with van der Waals surface area (Å²) in [5.74, 6) is 9.45. The molecule has 10 rings (SSSR count). The summed E-state index contributed by atoms with van der Waals surface area (Å²) >= 11 is 19.0. The van der Waals surface area contributed by atoms with Gasteiger partial charge in [0.15, 0.2) is 0 Å². The SMILES string of the molecule is C#Cc1ccccc1.O=C1NCC(c2ccc(Cl)cc2)c2c1sc(N1CCOCC1)c2Br.O=C1NCC(c2ccc(Cl)cc2)c2c1sc(N1CCOCC1)c2C#Cc1ccccc1. The van der Waals surface area contributed by atoms with Crippen LogP contribution in [0, 0.1) is 24.2 Å². The number of halogens is 3. The number of rotatable bonds is 4. The molecular formula is C50H43BrCl2N4O4S2. The monoisotopic (exact) mass is 976 g/mol. The highest BCUT2D eigenvalue weighted by molar-refractivity contribution is 9.10. The number of anilines is 2. The number of thiophene rings is 2. The molecule has 8 nitrogen and oxygen atoms in total. The molecule has 0 saturated carbocycles. The van der Waals surface area contributed by atoms with E-state index in [4.69, 9.17) is 39.1 Å². The first-order valence-electron chi connectivity index (χ1n) is 20.6. The molecule has 2 unspecified atom stereocenters. The third kappa shape index (κ3) is 10.5. The molecule has 6 heterocycles. The first-order chi connectivity index (χ1) is 30.8. The smallest absolute Gasteiger partial charge is 0.261 e. The van der Waals surface area contributed by atoms with E-state index in [1.165, 1.54) is 0 Å². The molecule has 2 atom stereocenters. The maximum absolute atomic E-state index is 12.8. The van der Waals surface area contributed by atoms with Crippen LogP contribution in [0.4, 0.5) is 10.0 Å². The van der Waals surface area contributed by atoms with E-state index in [0.29, 0.717) is 31.3 Å². The molecule has 2 aromatic heterocycles. The minimum absolute atomic E-state index is 0.0143. The minimum atomic E-state index is -0.0208. The van der Waals surface area contributed by atoms with E-state index in [1.54, 1.807) is 22.7 Å². The largest absolute Gasteiger partial charge is 0.378 e. The number of fused-ring (bicyclic) bond motifs is 2. The third-order valence-electron chi connectivity index (χ3n) is 11.0. The van der Waals surface area contributed by atoms with Gasteiger partial charge >= 0.3 is 0 Å². The molecule has 320 valence electrons. The van der Waals surface area contributed by atoms with E-state index in [9.17, 15) is 9.59 Å². The number of amides is 2. The maximum Gasteiger partial charge on any atom is 0.261 e. The first kappa shape index (κ1) is 44.5. The van der Waals surface area contributed by atoms with Gasteiger partial charge in [0.2, 0.25) is 0 Å². The van der Waals surface area contributed by atoms with E-state index in [1.807, 2.05) is 109 Å². The van der Waals surface area contributed by atoms with Crippen LogP contribution in [-0.2, 0) is 9.47 Å². The van der Waals surface area contributed by atoms with Crippen molar-refractivity contribution >= 4 is 83.6 Å². The van der Waals surface area contributed by atoms with Crippen molar-refractivity contribution in [2.24, 2.45) is 0 Å². The van der Waals surface area contributed by atoms with Crippen molar-refractivity contribution < 1.29 is 19.1 Å². The Hall–Kier alpha value is -5.08. The summed E-state index contributed by atoms with van der Waals surface area (Å²) in [6, 6.07) is 35.3. The highest BCUT2D eigenvalue weighted by Gasteiger charge is 2.36. The Labute approximate surface area is 394 Å². The third-order valence-corrected chi connectivity index (χ3v) is 15.1. The molecule has 0 bridgehead atoms. The highest BCUT2D eigenvalue weighted by atomic mass is 79.9. The average Bonchev–Trinajstić information content (AvgIpc) is 3.90. The predicted octanol–water partition coefficient (Wildman–Crippen LogP) is 10.1. The Kier molecular flexibility index (Phi) is 14.9. The van der Waals surface area contributed by atoms with Crippen molar-refractivity contribution in [2.45, 2.75) is 11.8 Å². The zero-order valence-corrected chi connectivity index (χ0v) is 38.9. The van der Waals surface area contributed by atoms with E-state index in [0.717, 1.165) is 108 Å². The van der Waals surface area contributed by atoms with Crippen molar-refractivity contribution in [3.05, 3.63) is 172 Å². The van der Waals surface area contributed by atoms with Crippen LogP contribution >= 0.6 is 61.8 Å². The van der Waals surface area contributed by atoms with Crippen LogP contribution in [0.3, 0.4) is 0 Å². The number of terminal acetylenes is 1. The van der Waals surface area contributed by atoms with Gasteiger partial charge in [-0.2, -0.15) is 0 Å². The highest BCUT2D eigenvalue weighted by Crippen LogP contribution is 2.47. The fourth-order valence-electron chi connectivity index (χ4n) is 7.81. The summed E-state index contributed by atoms with van der Waals surface area (Å²) in [6.45, 7) is 7.26. The number of nitrogens with one attached hydrogen (secondary N) is 2. The van der Waals surface area contributed by atoms with Gasteiger partial charge in [0, 0.05) is 83.4 Å². The first-order valence-corrected chi connectivity index (χ1v) is 23.8. The van der Waals surface area contributed by atoms with E-state index in [-0.39, 0.29) is 23.7 Å². The van der Waals surface area contributed by atoms with Crippen molar-refractivity contribution in [1.82, 2.24) is 10.6 Å². The number of morpholine rings is 2. The number of hydrogen-bond donors (Lipinski definition) is 2. The van der Waals surface area contributed by atoms with Crippen molar-refractivity contribution in [3.8, 4) is 24.2 Å². The lowest BCUT2D eigenvalue weighted by molar-refractivity contribution is 0.0939. The van der Waals surface area contributed by atoms with Gasteiger partial charge in [-0.15, -0.1) is 29.1 Å². The molecule has 0 radical (unpaired) electrons. The molecule has 6 aromatic rings. The average molecular weight is 979 g/mol. The van der Waals surface area contributed by atoms with Gasteiger partial charge in [-0.05, 0) is 75.6 Å². The molecule has 2 saturated heterocycles. The Bertz CT molecular complexity index is 2640. The number of benzene rings is 4. The summed E-state index contributed by atoms with van der Waals surface area (Å²) in [6.07, 6.45) is 5.10. The van der Waals surface area contributed by atoms with Crippen LogP contribution in [0.25, 0.3) is 0 Å². The van der Waals surface area contributed by atoms with Gasteiger partial charge in [-0.1, -0.05) is 102 Å². The molecule has 0 spiro atoms. The second kappa shape index (κ2) is 21.1. The number of nitrogens with zero attached hydrogens (tertiary/aromatic N) is 2. The molecule has 2 N–H and O–H groups in total. The lowest BCUT2D eigenvalue weighted by Gasteiger charge is -2.28. The summed E-state index contributed by atoms with van der Waals surface area (Å²) < 4.78 is 12.0. The summed E-state index contributed by atoms with van der Waals surface area (Å²) in [7, 11) is 0. The molecule has 63 heavy (non-hydrogen) atoms. The van der Waals surface area contributed by atoms with Crippen LogP contribution in [-0.4, -0.2) is 77.5 Å². The van der Waals surface area contributed by atoms with Gasteiger partial charge in [-0.25, -0.2) is 0 Å². The Morgan fingerprint density at radius 2 is 1.05 bits per heavy atom. The maximum atomic E-state index is 12.8. The Balaban J connectivity index is 0.000000150. The van der Waals surface area contributed by atoms with Crippen molar-refractivity contribution in [1.29, 1.82) is 0 Å². The van der Waals surface area contributed by atoms with Crippen LogP contribution in [0.2, 0.25) is 10.0 Å². The zero-order chi connectivity index (χ0) is 43.7. The van der Waals surface area contributed by atoms with Gasteiger partial charge in [0.05, 0.1) is 46.2 Å². The van der Waals surface area contributed by atoms with Gasteiger partial charge in [0.1, 0.15) is 10.0 Å². The van der Waals surface area contributed by atoms with E-state index < -0.39 is 0 Å². The van der Waals surface area contributed by atoms with Gasteiger partial charge < -0.3 is 29.9 Å². The molecule has 13 heteroatoms. The van der Waals surface area contributed by atoms with Crippen LogP contribution in [0.15, 0.2) is 114 Å². The van der Waals surface area contributed by atoms with E-state index in [2.05, 4.69) is 54.1 Å². The lowest BCUT2D eigenvalue weighted by Crippen LogP contribution is -2.36.